The molecule has 0 bridgehead atoms. The van der Waals surface area contributed by atoms with Crippen molar-refractivity contribution < 1.29 is 9.90 Å². The van der Waals surface area contributed by atoms with Crippen LogP contribution >= 0.6 is 0 Å². The molecule has 1 heterocycles. The first-order chi connectivity index (χ1) is 7.68. The minimum Gasteiger partial charge on any atom is -0.481 e. The van der Waals surface area contributed by atoms with Gasteiger partial charge in [-0.2, -0.15) is 0 Å². The highest BCUT2D eigenvalue weighted by Crippen LogP contribution is 2.31. The van der Waals surface area contributed by atoms with Crippen molar-refractivity contribution in [1.82, 2.24) is 4.57 Å². The van der Waals surface area contributed by atoms with Crippen molar-refractivity contribution in [3.63, 3.8) is 0 Å². The molecule has 16 heavy (non-hydrogen) atoms. The number of aromatic nitrogens is 1. The van der Waals surface area contributed by atoms with Crippen molar-refractivity contribution in [2.45, 2.75) is 31.7 Å². The third-order valence-corrected chi connectivity index (χ3v) is 3.24. The van der Waals surface area contributed by atoms with Crippen LogP contribution in [0.3, 0.4) is 0 Å². The van der Waals surface area contributed by atoms with E-state index in [0.717, 1.165) is 19.3 Å². The van der Waals surface area contributed by atoms with Crippen molar-refractivity contribution in [2.24, 2.45) is 5.92 Å². The van der Waals surface area contributed by atoms with Crippen LogP contribution in [-0.2, 0) is 4.79 Å². The molecule has 1 N–H and O–H groups in total. The van der Waals surface area contributed by atoms with Crippen LogP contribution in [-0.4, -0.2) is 15.6 Å². The molecule has 1 aromatic rings. The number of nitrogens with zero attached hydrogens (tertiary/aromatic N) is 1. The van der Waals surface area contributed by atoms with E-state index in [1.165, 1.54) is 6.07 Å². The van der Waals surface area contributed by atoms with Crippen LogP contribution in [0.2, 0.25) is 0 Å². The number of carbonyl (C=O) groups is 1. The molecular formula is C12H15NO3. The first-order valence-electron chi connectivity index (χ1n) is 5.58. The van der Waals surface area contributed by atoms with E-state index in [-0.39, 0.29) is 17.5 Å². The van der Waals surface area contributed by atoms with E-state index < -0.39 is 5.97 Å². The molecule has 4 nitrogen and oxygen atoms in total. The van der Waals surface area contributed by atoms with Crippen LogP contribution in [0.4, 0.5) is 0 Å². The van der Waals surface area contributed by atoms with Crippen LogP contribution in [0.25, 0.3) is 0 Å². The predicted octanol–water partition coefficient (Wildman–Crippen LogP) is 1.66. The van der Waals surface area contributed by atoms with Crippen molar-refractivity contribution in [1.29, 1.82) is 0 Å². The van der Waals surface area contributed by atoms with Crippen LogP contribution in [0, 0.1) is 5.92 Å². The molecule has 2 rings (SSSR count). The molecule has 0 spiro atoms. The summed E-state index contributed by atoms with van der Waals surface area (Å²) in [6.07, 6.45) is 4.82. The first kappa shape index (κ1) is 10.9. The normalized spacial score (nSPS) is 25.2. The Morgan fingerprint density at radius 2 is 2.19 bits per heavy atom. The topological polar surface area (TPSA) is 59.3 Å². The summed E-state index contributed by atoms with van der Waals surface area (Å²) >= 11 is 0. The van der Waals surface area contributed by atoms with Gasteiger partial charge in [0.25, 0.3) is 5.56 Å². The Morgan fingerprint density at radius 3 is 2.88 bits per heavy atom. The Kier molecular flexibility index (Phi) is 3.08. The Labute approximate surface area is 93.5 Å². The fraction of sp³-hybridized carbons (Fsp3) is 0.500. The molecule has 0 aliphatic heterocycles. The second-order valence-corrected chi connectivity index (χ2v) is 4.30. The largest absolute Gasteiger partial charge is 0.481 e. The second-order valence-electron chi connectivity index (χ2n) is 4.30. The molecule has 1 aliphatic rings. The fourth-order valence-corrected chi connectivity index (χ4v) is 2.38. The lowest BCUT2D eigenvalue weighted by atomic mass is 9.85. The average Bonchev–Trinajstić information content (AvgIpc) is 2.30. The van der Waals surface area contributed by atoms with Crippen molar-refractivity contribution >= 4 is 5.97 Å². The van der Waals surface area contributed by atoms with Gasteiger partial charge in [0.2, 0.25) is 0 Å². The second kappa shape index (κ2) is 4.51. The maximum atomic E-state index is 11.6. The first-order valence-corrected chi connectivity index (χ1v) is 5.58. The molecule has 2 atom stereocenters. The Bertz CT molecular complexity index is 438. The maximum Gasteiger partial charge on any atom is 0.306 e. The molecule has 2 unspecified atom stereocenters. The SMILES string of the molecule is O=C(O)C1CCCC(n2ccccc2=O)C1. The minimum absolute atomic E-state index is 0.0430. The molecule has 4 heteroatoms. The van der Waals surface area contributed by atoms with Gasteiger partial charge in [-0.15, -0.1) is 0 Å². The van der Waals surface area contributed by atoms with E-state index in [1.807, 2.05) is 6.07 Å². The summed E-state index contributed by atoms with van der Waals surface area (Å²) in [5, 5.41) is 8.98. The highest BCUT2D eigenvalue weighted by Gasteiger charge is 2.27. The lowest BCUT2D eigenvalue weighted by molar-refractivity contribution is -0.143. The Hall–Kier alpha value is -1.58. The van der Waals surface area contributed by atoms with E-state index >= 15 is 0 Å². The number of pyridine rings is 1. The zero-order chi connectivity index (χ0) is 11.5. The number of hydrogen-bond acceptors (Lipinski definition) is 2. The number of aliphatic carboxylic acids is 1. The van der Waals surface area contributed by atoms with Gasteiger partial charge in [-0.1, -0.05) is 12.5 Å². The summed E-state index contributed by atoms with van der Waals surface area (Å²) in [6.45, 7) is 0. The van der Waals surface area contributed by atoms with Gasteiger partial charge in [0.1, 0.15) is 0 Å². The average molecular weight is 221 g/mol. The van der Waals surface area contributed by atoms with Crippen LogP contribution in [0.15, 0.2) is 29.2 Å². The molecular weight excluding hydrogens is 206 g/mol. The third kappa shape index (κ3) is 2.15. The Morgan fingerprint density at radius 1 is 1.38 bits per heavy atom. The van der Waals surface area contributed by atoms with E-state index in [9.17, 15) is 9.59 Å². The summed E-state index contributed by atoms with van der Waals surface area (Å²) in [4.78, 5) is 22.5. The summed E-state index contributed by atoms with van der Waals surface area (Å²) in [7, 11) is 0. The number of rotatable bonds is 2. The molecule has 1 saturated carbocycles. The van der Waals surface area contributed by atoms with E-state index in [4.69, 9.17) is 5.11 Å². The fourth-order valence-electron chi connectivity index (χ4n) is 2.38. The van der Waals surface area contributed by atoms with Gasteiger partial charge in [-0.25, -0.2) is 0 Å². The smallest absolute Gasteiger partial charge is 0.306 e. The van der Waals surface area contributed by atoms with Crippen molar-refractivity contribution in [3.8, 4) is 0 Å². The van der Waals surface area contributed by atoms with Gasteiger partial charge in [0.05, 0.1) is 5.92 Å². The van der Waals surface area contributed by atoms with E-state index in [2.05, 4.69) is 0 Å². The monoisotopic (exact) mass is 221 g/mol. The molecule has 0 aromatic carbocycles. The minimum atomic E-state index is -0.742. The number of carboxylic acids is 1. The molecule has 1 fully saturated rings. The number of hydrogen-bond donors (Lipinski definition) is 1. The van der Waals surface area contributed by atoms with Crippen LogP contribution < -0.4 is 5.56 Å². The van der Waals surface area contributed by atoms with Crippen molar-refractivity contribution in [3.05, 3.63) is 34.7 Å². The Balaban J connectivity index is 2.19. The molecule has 1 aliphatic carbocycles. The molecule has 86 valence electrons. The lowest BCUT2D eigenvalue weighted by Gasteiger charge is -2.28. The van der Waals surface area contributed by atoms with Crippen molar-refractivity contribution in [2.75, 3.05) is 0 Å². The zero-order valence-corrected chi connectivity index (χ0v) is 9.00. The van der Waals surface area contributed by atoms with Gasteiger partial charge in [-0.05, 0) is 25.3 Å². The summed E-state index contributed by atoms with van der Waals surface area (Å²) in [5.41, 5.74) is -0.0430. The quantitative estimate of drug-likeness (QED) is 0.826. The van der Waals surface area contributed by atoms with Gasteiger partial charge in [0.15, 0.2) is 0 Å². The van der Waals surface area contributed by atoms with Crippen LogP contribution in [0.5, 0.6) is 0 Å². The molecule has 0 amide bonds. The van der Waals surface area contributed by atoms with E-state index in [1.54, 1.807) is 16.8 Å². The molecule has 1 aromatic heterocycles. The van der Waals surface area contributed by atoms with Gasteiger partial charge in [0, 0.05) is 18.3 Å². The number of carboxylic acid groups (broad SMARTS) is 1. The summed E-state index contributed by atoms with van der Waals surface area (Å²) < 4.78 is 1.66. The zero-order valence-electron chi connectivity index (χ0n) is 9.00. The highest BCUT2D eigenvalue weighted by atomic mass is 16.4. The maximum absolute atomic E-state index is 11.6. The van der Waals surface area contributed by atoms with E-state index in [0.29, 0.717) is 6.42 Å². The van der Waals surface area contributed by atoms with Gasteiger partial charge < -0.3 is 9.67 Å². The molecule has 0 saturated heterocycles. The summed E-state index contributed by atoms with van der Waals surface area (Å²) in [6, 6.07) is 5.08. The van der Waals surface area contributed by atoms with Gasteiger partial charge >= 0.3 is 5.97 Å². The predicted molar refractivity (Wildman–Crippen MR) is 59.3 cm³/mol. The van der Waals surface area contributed by atoms with Crippen LogP contribution in [0.1, 0.15) is 31.7 Å². The molecule has 0 radical (unpaired) electrons. The lowest BCUT2D eigenvalue weighted by Crippen LogP contribution is -2.30. The standard InChI is InChI=1S/C12H15NO3/c14-11-6-1-2-7-13(11)10-5-3-4-9(8-10)12(15)16/h1-2,6-7,9-10H,3-5,8H2,(H,15,16). The third-order valence-electron chi connectivity index (χ3n) is 3.24. The van der Waals surface area contributed by atoms with Gasteiger partial charge in [-0.3, -0.25) is 9.59 Å². The summed E-state index contributed by atoms with van der Waals surface area (Å²) in [5.74, 6) is -1.04. The highest BCUT2D eigenvalue weighted by molar-refractivity contribution is 5.70.